The van der Waals surface area contributed by atoms with Crippen LogP contribution in [0.25, 0.3) is 10.8 Å². The van der Waals surface area contributed by atoms with Crippen LogP contribution in [0.5, 0.6) is 0 Å². The first-order valence-electron chi connectivity index (χ1n) is 3.77. The van der Waals surface area contributed by atoms with E-state index in [1.807, 2.05) is 0 Å². The number of hydrogen-bond donors (Lipinski definition) is 1. The maximum absolute atomic E-state index is 11.4. The molecule has 0 saturated carbocycles. The summed E-state index contributed by atoms with van der Waals surface area (Å²) in [4.78, 5) is 11.4. The van der Waals surface area contributed by atoms with Crippen LogP contribution in [0.15, 0.2) is 32.1 Å². The molecule has 5 heteroatoms. The molecule has 1 aromatic heterocycles. The van der Waals surface area contributed by atoms with Gasteiger partial charge in [-0.05, 0) is 28.1 Å². The number of nitrogens with two attached hydrogens (primary N) is 1. The molecular formula is C9H5BrClNO2. The summed E-state index contributed by atoms with van der Waals surface area (Å²) < 4.78 is 5.09. The first-order chi connectivity index (χ1) is 6.59. The predicted molar refractivity (Wildman–Crippen MR) is 59.6 cm³/mol. The van der Waals surface area contributed by atoms with Crippen molar-refractivity contribution in [3.63, 3.8) is 0 Å². The summed E-state index contributed by atoms with van der Waals surface area (Å²) >= 11 is 8.99. The molecule has 0 saturated heterocycles. The molecule has 1 aromatic carbocycles. The van der Waals surface area contributed by atoms with Gasteiger partial charge in [-0.1, -0.05) is 17.7 Å². The summed E-state index contributed by atoms with van der Waals surface area (Å²) in [6.45, 7) is 0. The Labute approximate surface area is 92.6 Å². The van der Waals surface area contributed by atoms with E-state index in [1.54, 1.807) is 18.2 Å². The Morgan fingerprint density at radius 3 is 2.79 bits per heavy atom. The van der Waals surface area contributed by atoms with E-state index < -0.39 is 5.63 Å². The summed E-state index contributed by atoms with van der Waals surface area (Å²) in [5.74, 6) is 0. The molecular weight excluding hydrogens is 269 g/mol. The summed E-state index contributed by atoms with van der Waals surface area (Å²) in [5.41, 5.74) is 5.59. The standard InChI is InChI=1S/C9H5BrClNO2/c10-8-7(11)5-2-1-4(12)3-6(5)9(13)14-8/h1-3H,12H2. The van der Waals surface area contributed by atoms with Gasteiger partial charge in [-0.25, -0.2) is 4.79 Å². The van der Waals surface area contributed by atoms with Gasteiger partial charge in [-0.15, -0.1) is 0 Å². The van der Waals surface area contributed by atoms with Crippen molar-refractivity contribution in [1.82, 2.24) is 0 Å². The minimum atomic E-state index is -0.455. The molecule has 0 bridgehead atoms. The van der Waals surface area contributed by atoms with Gasteiger partial charge < -0.3 is 10.2 Å². The average molecular weight is 275 g/mol. The molecule has 2 aromatic rings. The zero-order valence-electron chi connectivity index (χ0n) is 6.88. The average Bonchev–Trinajstić information content (AvgIpc) is 2.14. The highest BCUT2D eigenvalue weighted by atomic mass is 79.9. The Morgan fingerprint density at radius 2 is 2.07 bits per heavy atom. The Bertz CT molecular complexity index is 564. The molecule has 0 atom stereocenters. The van der Waals surface area contributed by atoms with Crippen LogP contribution in [0.1, 0.15) is 0 Å². The van der Waals surface area contributed by atoms with Crippen LogP contribution < -0.4 is 11.4 Å². The Balaban J connectivity index is 3.02. The van der Waals surface area contributed by atoms with Crippen molar-refractivity contribution in [2.24, 2.45) is 0 Å². The van der Waals surface area contributed by atoms with Crippen LogP contribution in [0.4, 0.5) is 5.69 Å². The van der Waals surface area contributed by atoms with Crippen LogP contribution in [0, 0.1) is 0 Å². The second kappa shape index (κ2) is 3.29. The van der Waals surface area contributed by atoms with E-state index in [-0.39, 0.29) is 4.67 Å². The van der Waals surface area contributed by atoms with Gasteiger partial charge in [0.15, 0.2) is 4.67 Å². The first kappa shape index (κ1) is 9.55. The van der Waals surface area contributed by atoms with Crippen molar-refractivity contribution < 1.29 is 4.42 Å². The van der Waals surface area contributed by atoms with E-state index in [4.69, 9.17) is 21.8 Å². The molecule has 0 aliphatic rings. The summed E-state index contributed by atoms with van der Waals surface area (Å²) in [7, 11) is 0. The van der Waals surface area contributed by atoms with Gasteiger partial charge in [0.2, 0.25) is 0 Å². The molecule has 3 nitrogen and oxygen atoms in total. The Kier molecular flexibility index (Phi) is 2.25. The molecule has 0 amide bonds. The highest BCUT2D eigenvalue weighted by Gasteiger charge is 2.09. The summed E-state index contributed by atoms with van der Waals surface area (Å²) in [5, 5.41) is 1.39. The minimum Gasteiger partial charge on any atom is -0.414 e. The van der Waals surface area contributed by atoms with Gasteiger partial charge in [0.1, 0.15) is 0 Å². The van der Waals surface area contributed by atoms with Gasteiger partial charge in [0.05, 0.1) is 10.4 Å². The second-order valence-electron chi connectivity index (χ2n) is 2.78. The SMILES string of the molecule is Nc1ccc2c(Cl)c(Br)oc(=O)c2c1. The number of nitrogen functional groups attached to an aromatic ring is 1. The minimum absolute atomic E-state index is 0.237. The van der Waals surface area contributed by atoms with Gasteiger partial charge in [-0.2, -0.15) is 0 Å². The molecule has 0 aliphatic carbocycles. The molecule has 0 aliphatic heterocycles. The van der Waals surface area contributed by atoms with Crippen LogP contribution in [-0.2, 0) is 0 Å². The fraction of sp³-hybridized carbons (Fsp3) is 0. The highest BCUT2D eigenvalue weighted by Crippen LogP contribution is 2.29. The lowest BCUT2D eigenvalue weighted by Crippen LogP contribution is -2.00. The highest BCUT2D eigenvalue weighted by molar-refractivity contribution is 9.10. The zero-order valence-corrected chi connectivity index (χ0v) is 9.22. The third-order valence-corrected chi connectivity index (χ3v) is 3.02. The van der Waals surface area contributed by atoms with E-state index in [9.17, 15) is 4.79 Å². The van der Waals surface area contributed by atoms with Gasteiger partial charge in [-0.3, -0.25) is 0 Å². The van der Waals surface area contributed by atoms with Crippen LogP contribution in [0.3, 0.4) is 0 Å². The second-order valence-corrected chi connectivity index (χ2v) is 3.88. The zero-order chi connectivity index (χ0) is 10.3. The molecule has 0 radical (unpaired) electrons. The van der Waals surface area contributed by atoms with Crippen molar-refractivity contribution in [2.75, 3.05) is 5.73 Å². The van der Waals surface area contributed by atoms with Crippen LogP contribution in [0.2, 0.25) is 5.02 Å². The molecule has 0 fully saturated rings. The molecule has 2 rings (SSSR count). The van der Waals surface area contributed by atoms with Gasteiger partial charge in [0.25, 0.3) is 0 Å². The molecule has 0 spiro atoms. The fourth-order valence-corrected chi connectivity index (χ4v) is 1.77. The predicted octanol–water partition coefficient (Wildman–Crippen LogP) is 2.79. The summed E-state index contributed by atoms with van der Waals surface area (Å²) in [6, 6.07) is 4.91. The number of benzene rings is 1. The number of anilines is 1. The van der Waals surface area contributed by atoms with Crippen molar-refractivity contribution in [1.29, 1.82) is 0 Å². The Morgan fingerprint density at radius 1 is 1.36 bits per heavy atom. The molecule has 1 heterocycles. The van der Waals surface area contributed by atoms with E-state index in [2.05, 4.69) is 15.9 Å². The van der Waals surface area contributed by atoms with E-state index in [0.29, 0.717) is 21.5 Å². The third-order valence-electron chi connectivity index (χ3n) is 1.85. The molecule has 2 N–H and O–H groups in total. The largest absolute Gasteiger partial charge is 0.414 e. The maximum Gasteiger partial charge on any atom is 0.344 e. The fourth-order valence-electron chi connectivity index (χ4n) is 1.21. The van der Waals surface area contributed by atoms with E-state index >= 15 is 0 Å². The topological polar surface area (TPSA) is 56.2 Å². The normalized spacial score (nSPS) is 10.7. The van der Waals surface area contributed by atoms with Crippen LogP contribution >= 0.6 is 27.5 Å². The smallest absolute Gasteiger partial charge is 0.344 e. The maximum atomic E-state index is 11.4. The van der Waals surface area contributed by atoms with Crippen molar-refractivity contribution >= 4 is 44.0 Å². The van der Waals surface area contributed by atoms with Crippen molar-refractivity contribution in [3.05, 3.63) is 38.3 Å². The number of fused-ring (bicyclic) bond motifs is 1. The number of halogens is 2. The van der Waals surface area contributed by atoms with Gasteiger partial charge in [0, 0.05) is 11.1 Å². The van der Waals surface area contributed by atoms with Crippen molar-refractivity contribution in [3.8, 4) is 0 Å². The lowest BCUT2D eigenvalue weighted by atomic mass is 10.2. The first-order valence-corrected chi connectivity index (χ1v) is 4.94. The third kappa shape index (κ3) is 1.40. The van der Waals surface area contributed by atoms with E-state index in [0.717, 1.165) is 0 Å². The molecule has 14 heavy (non-hydrogen) atoms. The van der Waals surface area contributed by atoms with E-state index in [1.165, 1.54) is 0 Å². The lowest BCUT2D eigenvalue weighted by Gasteiger charge is -2.01. The number of rotatable bonds is 0. The Hall–Kier alpha value is -1.00. The molecule has 0 unspecified atom stereocenters. The quantitative estimate of drug-likeness (QED) is 0.752. The number of hydrogen-bond acceptors (Lipinski definition) is 3. The lowest BCUT2D eigenvalue weighted by molar-refractivity contribution is 0.494. The van der Waals surface area contributed by atoms with Gasteiger partial charge >= 0.3 is 5.63 Å². The monoisotopic (exact) mass is 273 g/mol. The van der Waals surface area contributed by atoms with Crippen LogP contribution in [-0.4, -0.2) is 0 Å². The summed E-state index contributed by atoms with van der Waals surface area (Å²) in [6.07, 6.45) is 0. The molecule has 72 valence electrons. The van der Waals surface area contributed by atoms with Crippen molar-refractivity contribution in [2.45, 2.75) is 0 Å².